The number of halogens is 4. The lowest BCUT2D eigenvalue weighted by atomic mass is 9.75. The van der Waals surface area contributed by atoms with Crippen LogP contribution < -0.4 is 5.32 Å². The molecular weight excluding hydrogens is 359 g/mol. The Morgan fingerprint density at radius 2 is 1.85 bits per heavy atom. The minimum atomic E-state index is -4.40. The van der Waals surface area contributed by atoms with Gasteiger partial charge in [-0.3, -0.25) is 0 Å². The van der Waals surface area contributed by atoms with Crippen LogP contribution in [0.4, 0.5) is 18.9 Å². The van der Waals surface area contributed by atoms with Crippen molar-refractivity contribution in [2.24, 2.45) is 5.92 Å². The van der Waals surface area contributed by atoms with Gasteiger partial charge in [0.05, 0.1) is 22.3 Å². The molecule has 0 radical (unpaired) electrons. The Balaban J connectivity index is 1.83. The van der Waals surface area contributed by atoms with Gasteiger partial charge in [-0.05, 0) is 47.6 Å². The van der Waals surface area contributed by atoms with Crippen LogP contribution in [-0.2, 0) is 12.6 Å². The first-order valence-corrected chi connectivity index (χ1v) is 9.19. The van der Waals surface area contributed by atoms with E-state index in [1.165, 1.54) is 11.6 Å². The normalized spacial score (nSPS) is 24.1. The largest absolute Gasteiger partial charge is 0.416 e. The second-order valence-electron chi connectivity index (χ2n) is 6.95. The van der Waals surface area contributed by atoms with Gasteiger partial charge in [0.15, 0.2) is 0 Å². The Morgan fingerprint density at radius 3 is 2.50 bits per heavy atom. The fraction of sp³-hybridized carbons (Fsp3) is 0.333. The molecule has 0 saturated heterocycles. The number of anilines is 1. The van der Waals surface area contributed by atoms with Gasteiger partial charge >= 0.3 is 6.18 Å². The maximum Gasteiger partial charge on any atom is 0.416 e. The summed E-state index contributed by atoms with van der Waals surface area (Å²) in [7, 11) is 0. The molecule has 2 aromatic carbocycles. The molecule has 3 atom stereocenters. The Morgan fingerprint density at radius 1 is 1.12 bits per heavy atom. The van der Waals surface area contributed by atoms with E-state index in [1.807, 2.05) is 12.2 Å². The van der Waals surface area contributed by atoms with E-state index in [0.717, 1.165) is 24.5 Å². The lowest BCUT2D eigenvalue weighted by molar-refractivity contribution is -0.138. The van der Waals surface area contributed by atoms with E-state index >= 15 is 0 Å². The van der Waals surface area contributed by atoms with Gasteiger partial charge in [0.2, 0.25) is 0 Å². The van der Waals surface area contributed by atoms with Crippen LogP contribution in [0.25, 0.3) is 0 Å². The zero-order valence-electron chi connectivity index (χ0n) is 14.3. The van der Waals surface area contributed by atoms with Crippen LogP contribution in [0, 0.1) is 5.92 Å². The summed E-state index contributed by atoms with van der Waals surface area (Å²) in [6.07, 6.45) is 1.20. The molecule has 4 rings (SSSR count). The van der Waals surface area contributed by atoms with Gasteiger partial charge in [0.1, 0.15) is 0 Å². The van der Waals surface area contributed by atoms with Gasteiger partial charge in [0, 0.05) is 5.92 Å². The summed E-state index contributed by atoms with van der Waals surface area (Å²) in [6.45, 7) is 2.10. The first-order chi connectivity index (χ1) is 12.4. The lowest BCUT2D eigenvalue weighted by Gasteiger charge is -2.39. The van der Waals surface area contributed by atoms with Crippen LogP contribution in [0.1, 0.15) is 47.6 Å². The number of aryl methyl sites for hydroxylation is 1. The average Bonchev–Trinajstić information content (AvgIpc) is 3.10. The van der Waals surface area contributed by atoms with Crippen molar-refractivity contribution in [2.75, 3.05) is 5.32 Å². The molecule has 0 amide bonds. The highest BCUT2D eigenvalue weighted by molar-refractivity contribution is 6.33. The number of benzene rings is 2. The van der Waals surface area contributed by atoms with Crippen LogP contribution >= 0.6 is 11.6 Å². The van der Waals surface area contributed by atoms with Crippen molar-refractivity contribution >= 4 is 17.3 Å². The molecule has 1 aliphatic carbocycles. The van der Waals surface area contributed by atoms with Crippen molar-refractivity contribution < 1.29 is 13.2 Å². The molecule has 2 aliphatic rings. The summed E-state index contributed by atoms with van der Waals surface area (Å²) in [6, 6.07) is 10.7. The van der Waals surface area contributed by atoms with E-state index in [9.17, 15) is 13.2 Å². The Kier molecular flexibility index (Phi) is 4.26. The summed E-state index contributed by atoms with van der Waals surface area (Å²) in [5.74, 6) is -0.230. The van der Waals surface area contributed by atoms with E-state index in [4.69, 9.17) is 11.6 Å². The molecule has 1 heterocycles. The van der Waals surface area contributed by atoms with Gasteiger partial charge < -0.3 is 5.32 Å². The Hall–Kier alpha value is -1.94. The van der Waals surface area contributed by atoms with Crippen LogP contribution in [-0.4, -0.2) is 0 Å². The second-order valence-corrected chi connectivity index (χ2v) is 7.36. The van der Waals surface area contributed by atoms with Crippen LogP contribution in [0.15, 0.2) is 48.6 Å². The average molecular weight is 378 g/mol. The first-order valence-electron chi connectivity index (χ1n) is 8.81. The number of rotatable bonds is 2. The minimum absolute atomic E-state index is 0.0505. The highest BCUT2D eigenvalue weighted by atomic mass is 35.5. The van der Waals surface area contributed by atoms with E-state index < -0.39 is 11.7 Å². The number of hydrogen-bond donors (Lipinski definition) is 1. The SMILES string of the molecule is CCc1ccc([C@@H]2Nc3c(Cl)ccc(C(F)(F)F)c3[C@@H]3C=CC[C@@H]32)cc1. The molecule has 0 spiro atoms. The smallest absolute Gasteiger partial charge is 0.376 e. The molecule has 0 saturated carbocycles. The number of allylic oxidation sites excluding steroid dienone is 2. The van der Waals surface area contributed by atoms with Crippen molar-refractivity contribution in [3.63, 3.8) is 0 Å². The number of alkyl halides is 3. The quantitative estimate of drug-likeness (QED) is 0.571. The summed E-state index contributed by atoms with van der Waals surface area (Å²) in [4.78, 5) is 0. The predicted octanol–water partition coefficient (Wildman–Crippen LogP) is 6.75. The van der Waals surface area contributed by atoms with Crippen LogP contribution in [0.2, 0.25) is 5.02 Å². The first kappa shape index (κ1) is 17.5. The summed E-state index contributed by atoms with van der Waals surface area (Å²) in [5.41, 5.74) is 2.43. The third-order valence-electron chi connectivity index (χ3n) is 5.52. The van der Waals surface area contributed by atoms with Crippen molar-refractivity contribution in [1.29, 1.82) is 0 Å². The fourth-order valence-electron chi connectivity index (χ4n) is 4.21. The van der Waals surface area contributed by atoms with E-state index in [1.54, 1.807) is 0 Å². The maximum absolute atomic E-state index is 13.6. The van der Waals surface area contributed by atoms with Gasteiger partial charge in [-0.1, -0.05) is 54.9 Å². The van der Waals surface area contributed by atoms with E-state index in [0.29, 0.717) is 10.7 Å². The third kappa shape index (κ3) is 2.81. The third-order valence-corrected chi connectivity index (χ3v) is 5.84. The second kappa shape index (κ2) is 6.34. The molecule has 2 aromatic rings. The molecule has 1 N–H and O–H groups in total. The van der Waals surface area contributed by atoms with Gasteiger partial charge in [-0.25, -0.2) is 0 Å². The Labute approximate surface area is 155 Å². The predicted molar refractivity (Wildman–Crippen MR) is 98.6 cm³/mol. The molecule has 0 unspecified atom stereocenters. The highest BCUT2D eigenvalue weighted by Gasteiger charge is 2.44. The van der Waals surface area contributed by atoms with Crippen molar-refractivity contribution in [1.82, 2.24) is 0 Å². The van der Waals surface area contributed by atoms with Crippen LogP contribution in [0.3, 0.4) is 0 Å². The molecule has 0 aromatic heterocycles. The Bertz CT molecular complexity index is 855. The van der Waals surface area contributed by atoms with Crippen molar-refractivity contribution in [3.8, 4) is 0 Å². The topological polar surface area (TPSA) is 12.0 Å². The molecule has 1 aliphatic heterocycles. The standard InChI is InChI=1S/C21H19ClF3N/c1-2-12-6-8-13(9-7-12)19-15-5-3-4-14(15)18-16(21(23,24)25)10-11-17(22)20(18)26-19/h3-4,6-11,14-15,19,26H,2,5H2,1H3/t14-,15+,19+/m1/s1. The van der Waals surface area contributed by atoms with E-state index in [2.05, 4.69) is 36.5 Å². The van der Waals surface area contributed by atoms with E-state index in [-0.39, 0.29) is 23.4 Å². The molecule has 136 valence electrons. The molecule has 0 bridgehead atoms. The van der Waals surface area contributed by atoms with Gasteiger partial charge in [-0.2, -0.15) is 13.2 Å². The molecule has 26 heavy (non-hydrogen) atoms. The summed E-state index contributed by atoms with van der Waals surface area (Å²) in [5, 5.41) is 3.67. The fourth-order valence-corrected chi connectivity index (χ4v) is 4.43. The zero-order chi connectivity index (χ0) is 18.5. The maximum atomic E-state index is 13.6. The summed E-state index contributed by atoms with van der Waals surface area (Å²) < 4.78 is 40.7. The number of hydrogen-bond acceptors (Lipinski definition) is 1. The zero-order valence-corrected chi connectivity index (χ0v) is 15.0. The van der Waals surface area contributed by atoms with Crippen molar-refractivity contribution in [3.05, 3.63) is 75.8 Å². The molecular formula is C21H19ClF3N. The molecule has 5 heteroatoms. The number of fused-ring (bicyclic) bond motifs is 3. The van der Waals surface area contributed by atoms with Gasteiger partial charge in [-0.15, -0.1) is 0 Å². The molecule has 0 fully saturated rings. The number of nitrogens with one attached hydrogen (secondary N) is 1. The lowest BCUT2D eigenvalue weighted by Crippen LogP contribution is -2.31. The van der Waals surface area contributed by atoms with Crippen LogP contribution in [0.5, 0.6) is 0 Å². The minimum Gasteiger partial charge on any atom is -0.376 e. The monoisotopic (exact) mass is 377 g/mol. The van der Waals surface area contributed by atoms with Gasteiger partial charge in [0.25, 0.3) is 0 Å². The van der Waals surface area contributed by atoms with Crippen molar-refractivity contribution in [2.45, 2.75) is 37.9 Å². The summed E-state index contributed by atoms with van der Waals surface area (Å²) >= 11 is 6.30. The molecule has 1 nitrogen and oxygen atoms in total. The highest BCUT2D eigenvalue weighted by Crippen LogP contribution is 2.54.